The van der Waals surface area contributed by atoms with Gasteiger partial charge in [-0.3, -0.25) is 4.90 Å². The van der Waals surface area contributed by atoms with Gasteiger partial charge in [0.15, 0.2) is 11.6 Å². The molecule has 0 saturated carbocycles. The molecule has 124 valence electrons. The summed E-state index contributed by atoms with van der Waals surface area (Å²) in [4.78, 5) is 6.40. The average molecular weight is 323 g/mol. The Kier molecular flexibility index (Phi) is 4.68. The lowest BCUT2D eigenvalue weighted by molar-refractivity contribution is 0.0370. The molecular weight excluding hydrogens is 304 g/mol. The van der Waals surface area contributed by atoms with Crippen LogP contribution in [0.1, 0.15) is 32.1 Å². The average Bonchev–Trinajstić information content (AvgIpc) is 3.00. The lowest BCUT2D eigenvalue weighted by atomic mass is 9.97. The van der Waals surface area contributed by atoms with Crippen molar-refractivity contribution in [2.75, 3.05) is 6.61 Å². The third-order valence-electron chi connectivity index (χ3n) is 4.37. The molecule has 1 aliphatic rings. The Hall–Kier alpha value is -1.86. The molecule has 1 aromatic heterocycles. The third-order valence-corrected chi connectivity index (χ3v) is 4.37. The Labute approximate surface area is 132 Å². The topological polar surface area (TPSA) is 62.4 Å². The number of halogens is 2. The fourth-order valence-corrected chi connectivity index (χ4v) is 3.05. The van der Waals surface area contributed by atoms with E-state index in [1.165, 1.54) is 6.07 Å². The van der Waals surface area contributed by atoms with Crippen LogP contribution in [-0.4, -0.2) is 38.8 Å². The molecule has 0 amide bonds. The Bertz CT molecular complexity index is 677. The van der Waals surface area contributed by atoms with Crippen LogP contribution < -0.4 is 0 Å². The summed E-state index contributed by atoms with van der Waals surface area (Å²) in [5.41, 5.74) is 0.365. The van der Waals surface area contributed by atoms with Gasteiger partial charge in [-0.2, -0.15) is 4.98 Å². The van der Waals surface area contributed by atoms with Gasteiger partial charge in [0.1, 0.15) is 0 Å². The first-order valence-electron chi connectivity index (χ1n) is 7.73. The van der Waals surface area contributed by atoms with Crippen LogP contribution in [0.25, 0.3) is 11.4 Å². The van der Waals surface area contributed by atoms with Gasteiger partial charge in [-0.1, -0.05) is 11.6 Å². The van der Waals surface area contributed by atoms with Gasteiger partial charge in [-0.15, -0.1) is 0 Å². The molecule has 5 nitrogen and oxygen atoms in total. The van der Waals surface area contributed by atoms with E-state index in [0.717, 1.165) is 31.4 Å². The molecule has 2 atom stereocenters. The van der Waals surface area contributed by atoms with Crippen LogP contribution in [0.2, 0.25) is 0 Å². The monoisotopic (exact) mass is 323 g/mol. The number of hydrogen-bond acceptors (Lipinski definition) is 5. The van der Waals surface area contributed by atoms with Crippen molar-refractivity contribution in [3.63, 3.8) is 0 Å². The van der Waals surface area contributed by atoms with Crippen LogP contribution in [0.5, 0.6) is 0 Å². The number of benzene rings is 1. The van der Waals surface area contributed by atoms with E-state index in [1.807, 2.05) is 0 Å². The first kappa shape index (κ1) is 16.0. The van der Waals surface area contributed by atoms with Gasteiger partial charge in [0.25, 0.3) is 0 Å². The molecule has 2 heterocycles. The van der Waals surface area contributed by atoms with E-state index in [4.69, 9.17) is 4.52 Å². The summed E-state index contributed by atoms with van der Waals surface area (Å²) in [5, 5.41) is 13.3. The molecule has 1 aromatic carbocycles. The van der Waals surface area contributed by atoms with Crippen molar-refractivity contribution < 1.29 is 18.4 Å². The minimum absolute atomic E-state index is 0.0809. The maximum Gasteiger partial charge on any atom is 0.241 e. The molecule has 0 radical (unpaired) electrons. The second-order valence-corrected chi connectivity index (χ2v) is 5.93. The number of likely N-dealkylation sites (tertiary alicyclic amines) is 1. The quantitative estimate of drug-likeness (QED) is 0.937. The largest absolute Gasteiger partial charge is 0.395 e. The van der Waals surface area contributed by atoms with E-state index in [1.54, 1.807) is 0 Å². The van der Waals surface area contributed by atoms with Crippen molar-refractivity contribution in [1.29, 1.82) is 0 Å². The minimum atomic E-state index is -0.946. The summed E-state index contributed by atoms with van der Waals surface area (Å²) < 4.78 is 31.5. The fraction of sp³-hybridized carbons (Fsp3) is 0.500. The predicted molar refractivity (Wildman–Crippen MR) is 79.4 cm³/mol. The lowest BCUT2D eigenvalue weighted by Crippen LogP contribution is -2.46. The van der Waals surface area contributed by atoms with E-state index in [2.05, 4.69) is 22.0 Å². The molecule has 3 rings (SSSR count). The normalized spacial score (nSPS) is 22.4. The maximum atomic E-state index is 13.3. The molecule has 0 spiro atoms. The van der Waals surface area contributed by atoms with Crippen molar-refractivity contribution in [2.45, 2.75) is 44.8 Å². The predicted octanol–water partition coefficient (Wildman–Crippen LogP) is 2.75. The third kappa shape index (κ3) is 3.40. The number of aromatic nitrogens is 2. The molecule has 0 aliphatic carbocycles. The highest BCUT2D eigenvalue weighted by Gasteiger charge is 2.28. The fourth-order valence-electron chi connectivity index (χ4n) is 3.05. The van der Waals surface area contributed by atoms with E-state index >= 15 is 0 Å². The van der Waals surface area contributed by atoms with Crippen LogP contribution in [0.4, 0.5) is 8.78 Å². The highest BCUT2D eigenvalue weighted by atomic mass is 19.2. The number of aliphatic hydroxyl groups is 1. The molecule has 2 unspecified atom stereocenters. The van der Waals surface area contributed by atoms with Gasteiger partial charge in [0.05, 0.1) is 13.2 Å². The highest BCUT2D eigenvalue weighted by molar-refractivity contribution is 5.54. The highest BCUT2D eigenvalue weighted by Crippen LogP contribution is 2.25. The number of hydrogen-bond donors (Lipinski definition) is 1. The van der Waals surface area contributed by atoms with E-state index < -0.39 is 11.6 Å². The molecule has 23 heavy (non-hydrogen) atoms. The first-order chi connectivity index (χ1) is 11.1. The van der Waals surface area contributed by atoms with Crippen LogP contribution in [0.3, 0.4) is 0 Å². The summed E-state index contributed by atoms with van der Waals surface area (Å²) in [6.07, 6.45) is 3.08. The van der Waals surface area contributed by atoms with Crippen molar-refractivity contribution in [2.24, 2.45) is 0 Å². The summed E-state index contributed by atoms with van der Waals surface area (Å²) in [6, 6.07) is 3.89. The van der Waals surface area contributed by atoms with Crippen molar-refractivity contribution in [3.05, 3.63) is 35.7 Å². The number of nitrogens with zero attached hydrogens (tertiary/aromatic N) is 3. The zero-order valence-corrected chi connectivity index (χ0v) is 12.9. The lowest BCUT2D eigenvalue weighted by Gasteiger charge is -2.38. The SMILES string of the molecule is CC1CCCC(CO)N1Cc1nc(-c2ccc(F)c(F)c2)no1. The van der Waals surface area contributed by atoms with Gasteiger partial charge >= 0.3 is 0 Å². The van der Waals surface area contributed by atoms with E-state index in [-0.39, 0.29) is 18.5 Å². The Morgan fingerprint density at radius 1 is 1.30 bits per heavy atom. The van der Waals surface area contributed by atoms with E-state index in [0.29, 0.717) is 24.0 Å². The Morgan fingerprint density at radius 3 is 2.87 bits per heavy atom. The Balaban J connectivity index is 1.77. The van der Waals surface area contributed by atoms with Crippen molar-refractivity contribution in [3.8, 4) is 11.4 Å². The molecule has 1 fully saturated rings. The van der Waals surface area contributed by atoms with Gasteiger partial charge in [-0.25, -0.2) is 8.78 Å². The van der Waals surface area contributed by atoms with E-state index in [9.17, 15) is 13.9 Å². The summed E-state index contributed by atoms with van der Waals surface area (Å²) >= 11 is 0. The summed E-state index contributed by atoms with van der Waals surface area (Å²) in [7, 11) is 0. The van der Waals surface area contributed by atoms with Crippen LogP contribution >= 0.6 is 0 Å². The van der Waals surface area contributed by atoms with Crippen LogP contribution in [-0.2, 0) is 6.54 Å². The molecule has 1 saturated heterocycles. The molecular formula is C16H19F2N3O2. The minimum Gasteiger partial charge on any atom is -0.395 e. The maximum absolute atomic E-state index is 13.3. The number of aliphatic hydroxyl groups excluding tert-OH is 1. The molecule has 2 aromatic rings. The summed E-state index contributed by atoms with van der Waals surface area (Å²) in [5.74, 6) is -1.23. The van der Waals surface area contributed by atoms with Gasteiger partial charge in [-0.05, 0) is 38.0 Å². The number of piperidine rings is 1. The zero-order valence-electron chi connectivity index (χ0n) is 12.9. The molecule has 7 heteroatoms. The second-order valence-electron chi connectivity index (χ2n) is 5.93. The first-order valence-corrected chi connectivity index (χ1v) is 7.73. The molecule has 1 N–H and O–H groups in total. The molecule has 1 aliphatic heterocycles. The zero-order chi connectivity index (χ0) is 16.4. The smallest absolute Gasteiger partial charge is 0.241 e. The van der Waals surface area contributed by atoms with Crippen molar-refractivity contribution >= 4 is 0 Å². The van der Waals surface area contributed by atoms with Crippen molar-refractivity contribution in [1.82, 2.24) is 15.0 Å². The van der Waals surface area contributed by atoms with Crippen LogP contribution in [0.15, 0.2) is 22.7 Å². The number of rotatable bonds is 4. The standard InChI is InChI=1S/C16H19F2N3O2/c1-10-3-2-4-12(9-22)21(10)8-15-19-16(20-23-15)11-5-6-13(17)14(18)7-11/h5-7,10,12,22H,2-4,8-9H2,1H3. The summed E-state index contributed by atoms with van der Waals surface area (Å²) in [6.45, 7) is 2.63. The van der Waals surface area contributed by atoms with Gasteiger partial charge < -0.3 is 9.63 Å². The second kappa shape index (κ2) is 6.72. The molecule has 0 bridgehead atoms. The Morgan fingerprint density at radius 2 is 2.13 bits per heavy atom. The van der Waals surface area contributed by atoms with Crippen LogP contribution in [0, 0.1) is 11.6 Å². The van der Waals surface area contributed by atoms with Gasteiger partial charge in [0.2, 0.25) is 11.7 Å². The van der Waals surface area contributed by atoms with Gasteiger partial charge in [0, 0.05) is 17.6 Å².